The Labute approximate surface area is 119 Å². The zero-order chi connectivity index (χ0) is 14.0. The molecule has 3 nitrogen and oxygen atoms in total. The van der Waals surface area contributed by atoms with E-state index in [0.29, 0.717) is 6.61 Å². The highest BCUT2D eigenvalue weighted by Gasteiger charge is 2.36. The Morgan fingerprint density at radius 1 is 1.30 bits per heavy atom. The molecule has 1 atom stereocenters. The van der Waals surface area contributed by atoms with Gasteiger partial charge < -0.3 is 10.5 Å². The van der Waals surface area contributed by atoms with Crippen molar-refractivity contribution >= 4 is 0 Å². The normalized spacial score (nSPS) is 20.7. The molecule has 1 unspecified atom stereocenters. The van der Waals surface area contributed by atoms with Crippen LogP contribution in [0.2, 0.25) is 0 Å². The maximum Gasteiger partial charge on any atom is 0.137 e. The van der Waals surface area contributed by atoms with Crippen LogP contribution in [0.5, 0.6) is 5.75 Å². The van der Waals surface area contributed by atoms with Crippen molar-refractivity contribution in [3.63, 3.8) is 0 Å². The molecular weight excluding hydrogens is 248 g/mol. The lowest BCUT2D eigenvalue weighted by molar-refractivity contribution is 0.315. The van der Waals surface area contributed by atoms with E-state index in [9.17, 15) is 0 Å². The van der Waals surface area contributed by atoms with Gasteiger partial charge in [0.05, 0.1) is 18.3 Å². The first-order valence-electron chi connectivity index (χ1n) is 7.19. The first-order chi connectivity index (χ1) is 9.74. The van der Waals surface area contributed by atoms with E-state index in [0.717, 1.165) is 30.6 Å². The van der Waals surface area contributed by atoms with Crippen LogP contribution in [0.25, 0.3) is 0 Å². The molecule has 1 heterocycles. The van der Waals surface area contributed by atoms with E-state index in [-0.39, 0.29) is 0 Å². The summed E-state index contributed by atoms with van der Waals surface area (Å²) in [5, 5.41) is 0. The Morgan fingerprint density at radius 3 is 3.00 bits per heavy atom. The highest BCUT2D eigenvalue weighted by molar-refractivity contribution is 5.47. The van der Waals surface area contributed by atoms with Crippen molar-refractivity contribution in [3.8, 4) is 5.75 Å². The van der Waals surface area contributed by atoms with E-state index >= 15 is 0 Å². The largest absolute Gasteiger partial charge is 0.492 e. The predicted molar refractivity (Wildman–Crippen MR) is 79.8 cm³/mol. The SMILES string of the molecule is CCCOc1cncc(C2(N)CCc3ccccc32)c1. The molecule has 2 aromatic rings. The zero-order valence-corrected chi connectivity index (χ0v) is 11.8. The summed E-state index contributed by atoms with van der Waals surface area (Å²) in [5.74, 6) is 0.804. The van der Waals surface area contributed by atoms with Crippen molar-refractivity contribution in [1.82, 2.24) is 4.98 Å². The van der Waals surface area contributed by atoms with Crippen LogP contribution in [0.3, 0.4) is 0 Å². The monoisotopic (exact) mass is 268 g/mol. The van der Waals surface area contributed by atoms with Crippen molar-refractivity contribution in [2.75, 3.05) is 6.61 Å². The first kappa shape index (κ1) is 13.1. The average molecular weight is 268 g/mol. The van der Waals surface area contributed by atoms with Crippen molar-refractivity contribution in [2.45, 2.75) is 31.7 Å². The van der Waals surface area contributed by atoms with E-state index in [2.05, 4.69) is 36.2 Å². The molecule has 1 aromatic carbocycles. The van der Waals surface area contributed by atoms with Gasteiger partial charge in [-0.1, -0.05) is 31.2 Å². The molecule has 1 aliphatic rings. The van der Waals surface area contributed by atoms with E-state index < -0.39 is 5.54 Å². The second-order valence-electron chi connectivity index (χ2n) is 5.39. The molecule has 0 bridgehead atoms. The number of nitrogens with zero attached hydrogens (tertiary/aromatic N) is 1. The fourth-order valence-corrected chi connectivity index (χ4v) is 2.90. The fourth-order valence-electron chi connectivity index (χ4n) is 2.90. The second-order valence-corrected chi connectivity index (χ2v) is 5.39. The molecule has 1 aromatic heterocycles. The molecule has 3 heteroatoms. The fraction of sp³-hybridized carbons (Fsp3) is 0.353. The lowest BCUT2D eigenvalue weighted by Crippen LogP contribution is -2.35. The highest BCUT2D eigenvalue weighted by atomic mass is 16.5. The van der Waals surface area contributed by atoms with Crippen LogP contribution in [-0.2, 0) is 12.0 Å². The van der Waals surface area contributed by atoms with Crippen LogP contribution in [0.1, 0.15) is 36.5 Å². The summed E-state index contributed by atoms with van der Waals surface area (Å²) >= 11 is 0. The van der Waals surface area contributed by atoms with Gasteiger partial charge in [0.15, 0.2) is 0 Å². The lowest BCUT2D eigenvalue weighted by Gasteiger charge is -2.26. The van der Waals surface area contributed by atoms with E-state index in [1.54, 1.807) is 6.20 Å². The van der Waals surface area contributed by atoms with Gasteiger partial charge >= 0.3 is 0 Å². The quantitative estimate of drug-likeness (QED) is 0.927. The number of ether oxygens (including phenoxy) is 1. The Morgan fingerprint density at radius 2 is 2.15 bits per heavy atom. The molecule has 0 spiro atoms. The number of nitrogens with two attached hydrogens (primary N) is 1. The molecule has 2 N–H and O–H groups in total. The first-order valence-corrected chi connectivity index (χ1v) is 7.19. The van der Waals surface area contributed by atoms with E-state index in [4.69, 9.17) is 10.5 Å². The van der Waals surface area contributed by atoms with Gasteiger partial charge in [0.1, 0.15) is 5.75 Å². The van der Waals surface area contributed by atoms with Gasteiger partial charge in [0.2, 0.25) is 0 Å². The summed E-state index contributed by atoms with van der Waals surface area (Å²) in [4.78, 5) is 4.30. The number of fused-ring (bicyclic) bond motifs is 1. The van der Waals surface area contributed by atoms with Crippen LogP contribution in [-0.4, -0.2) is 11.6 Å². The number of hydrogen-bond acceptors (Lipinski definition) is 3. The molecule has 0 saturated heterocycles. The predicted octanol–water partition coefficient (Wildman–Crippen LogP) is 3.02. The smallest absolute Gasteiger partial charge is 0.137 e. The molecule has 0 aliphatic heterocycles. The van der Waals surface area contributed by atoms with Crippen LogP contribution in [0.15, 0.2) is 42.7 Å². The van der Waals surface area contributed by atoms with Crippen LogP contribution in [0, 0.1) is 0 Å². The third kappa shape index (κ3) is 2.18. The minimum absolute atomic E-state index is 0.435. The van der Waals surface area contributed by atoms with Crippen molar-refractivity contribution in [1.29, 1.82) is 0 Å². The van der Waals surface area contributed by atoms with Crippen LogP contribution < -0.4 is 10.5 Å². The van der Waals surface area contributed by atoms with Gasteiger partial charge in [-0.2, -0.15) is 0 Å². The summed E-state index contributed by atoms with van der Waals surface area (Å²) < 4.78 is 5.67. The average Bonchev–Trinajstić information content (AvgIpc) is 2.85. The molecule has 104 valence electrons. The number of aromatic nitrogens is 1. The Kier molecular flexibility index (Phi) is 3.45. The maximum atomic E-state index is 6.69. The van der Waals surface area contributed by atoms with Crippen LogP contribution in [0.4, 0.5) is 0 Å². The van der Waals surface area contributed by atoms with Gasteiger partial charge in [0, 0.05) is 6.20 Å². The molecule has 0 fully saturated rings. The summed E-state index contributed by atoms with van der Waals surface area (Å²) in [6, 6.07) is 10.4. The minimum atomic E-state index is -0.435. The molecule has 0 amide bonds. The number of benzene rings is 1. The number of hydrogen-bond donors (Lipinski definition) is 1. The Bertz CT molecular complexity index is 611. The van der Waals surface area contributed by atoms with Crippen LogP contribution >= 0.6 is 0 Å². The van der Waals surface area contributed by atoms with Gasteiger partial charge in [-0.25, -0.2) is 0 Å². The zero-order valence-electron chi connectivity index (χ0n) is 11.8. The topological polar surface area (TPSA) is 48.1 Å². The molecule has 1 aliphatic carbocycles. The van der Waals surface area contributed by atoms with Gasteiger partial charge in [0.25, 0.3) is 0 Å². The minimum Gasteiger partial charge on any atom is -0.492 e. The van der Waals surface area contributed by atoms with Crippen molar-refractivity contribution in [3.05, 3.63) is 59.4 Å². The summed E-state index contributed by atoms with van der Waals surface area (Å²) in [7, 11) is 0. The summed E-state index contributed by atoms with van der Waals surface area (Å²) in [5.41, 5.74) is 9.86. The molecule has 3 rings (SSSR count). The summed E-state index contributed by atoms with van der Waals surface area (Å²) in [6.07, 6.45) is 6.54. The highest BCUT2D eigenvalue weighted by Crippen LogP contribution is 2.40. The molecule has 0 saturated carbocycles. The number of aryl methyl sites for hydroxylation is 1. The van der Waals surface area contributed by atoms with Crippen molar-refractivity contribution in [2.24, 2.45) is 5.73 Å². The Balaban J connectivity index is 1.97. The lowest BCUT2D eigenvalue weighted by atomic mass is 9.86. The second kappa shape index (κ2) is 5.25. The van der Waals surface area contributed by atoms with Crippen molar-refractivity contribution < 1.29 is 4.74 Å². The number of pyridine rings is 1. The standard InChI is InChI=1S/C17H20N2O/c1-2-9-20-15-10-14(11-19-12-15)17(18)8-7-13-5-3-4-6-16(13)17/h3-6,10-12H,2,7-9,18H2,1H3. The van der Waals surface area contributed by atoms with Gasteiger partial charge in [-0.15, -0.1) is 0 Å². The van der Waals surface area contributed by atoms with Gasteiger partial charge in [-0.3, -0.25) is 4.98 Å². The van der Waals surface area contributed by atoms with E-state index in [1.807, 2.05) is 12.3 Å². The van der Waals surface area contributed by atoms with E-state index in [1.165, 1.54) is 11.1 Å². The molecule has 20 heavy (non-hydrogen) atoms. The number of rotatable bonds is 4. The summed E-state index contributed by atoms with van der Waals surface area (Å²) in [6.45, 7) is 2.80. The van der Waals surface area contributed by atoms with Gasteiger partial charge in [-0.05, 0) is 42.0 Å². The molecular formula is C17H20N2O. The third-order valence-corrected chi connectivity index (χ3v) is 3.99. The third-order valence-electron chi connectivity index (χ3n) is 3.99. The maximum absolute atomic E-state index is 6.69. The Hall–Kier alpha value is -1.87. The molecule has 0 radical (unpaired) electrons.